The van der Waals surface area contributed by atoms with Crippen molar-refractivity contribution in [1.29, 1.82) is 0 Å². The molecular formula is C18H28. The second-order valence-corrected chi connectivity index (χ2v) is 7.41. The molecule has 4 atom stereocenters. The van der Waals surface area contributed by atoms with Crippen molar-refractivity contribution >= 4 is 0 Å². The summed E-state index contributed by atoms with van der Waals surface area (Å²) in [6.45, 7) is 9.60. The van der Waals surface area contributed by atoms with E-state index in [1.807, 2.05) is 0 Å². The lowest BCUT2D eigenvalue weighted by Crippen LogP contribution is -2.09. The van der Waals surface area contributed by atoms with Gasteiger partial charge in [-0.25, -0.2) is 0 Å². The van der Waals surface area contributed by atoms with Gasteiger partial charge in [0, 0.05) is 5.92 Å². The molecular weight excluding hydrogens is 216 g/mol. The van der Waals surface area contributed by atoms with Gasteiger partial charge >= 0.3 is 0 Å². The molecule has 0 saturated heterocycles. The minimum atomic E-state index is 0.757. The van der Waals surface area contributed by atoms with Crippen molar-refractivity contribution in [3.63, 3.8) is 0 Å². The first-order valence-electron chi connectivity index (χ1n) is 7.99. The van der Waals surface area contributed by atoms with Gasteiger partial charge in [-0.2, -0.15) is 0 Å². The van der Waals surface area contributed by atoms with Crippen molar-refractivity contribution < 1.29 is 0 Å². The summed E-state index contributed by atoms with van der Waals surface area (Å²) < 4.78 is 0. The molecule has 0 aromatic rings. The van der Waals surface area contributed by atoms with Crippen LogP contribution in [0.15, 0.2) is 23.3 Å². The van der Waals surface area contributed by atoms with Crippen LogP contribution in [0.1, 0.15) is 53.4 Å². The summed E-state index contributed by atoms with van der Waals surface area (Å²) in [7, 11) is 0. The molecule has 100 valence electrons. The Labute approximate surface area is 113 Å². The summed E-state index contributed by atoms with van der Waals surface area (Å²) in [5.41, 5.74) is 3.51. The summed E-state index contributed by atoms with van der Waals surface area (Å²) in [5.74, 6) is 5.62. The van der Waals surface area contributed by atoms with E-state index in [2.05, 4.69) is 39.8 Å². The van der Waals surface area contributed by atoms with Gasteiger partial charge in [0.2, 0.25) is 0 Å². The van der Waals surface area contributed by atoms with E-state index in [1.54, 1.807) is 11.1 Å². The summed E-state index contributed by atoms with van der Waals surface area (Å²) in [5, 5.41) is 0. The van der Waals surface area contributed by atoms with Gasteiger partial charge in [0.05, 0.1) is 0 Å². The number of hydrogen-bond donors (Lipinski definition) is 0. The third-order valence-electron chi connectivity index (χ3n) is 5.70. The van der Waals surface area contributed by atoms with E-state index in [9.17, 15) is 0 Å². The van der Waals surface area contributed by atoms with Crippen LogP contribution in [0.3, 0.4) is 0 Å². The van der Waals surface area contributed by atoms with Crippen LogP contribution in [0.5, 0.6) is 0 Å². The minimum Gasteiger partial charge on any atom is -0.0768 e. The Hall–Kier alpha value is -0.520. The smallest absolute Gasteiger partial charge is 0.000880 e. The first kappa shape index (κ1) is 12.5. The molecule has 18 heavy (non-hydrogen) atoms. The molecule has 4 unspecified atom stereocenters. The maximum Gasteiger partial charge on any atom is 0.000880 e. The lowest BCUT2D eigenvalue weighted by Gasteiger charge is -2.20. The third-order valence-corrected chi connectivity index (χ3v) is 5.70. The van der Waals surface area contributed by atoms with Crippen LogP contribution in [0.4, 0.5) is 0 Å². The Bertz CT molecular complexity index is 383. The lowest BCUT2D eigenvalue weighted by atomic mass is 9.84. The molecule has 0 heteroatoms. The van der Waals surface area contributed by atoms with Crippen LogP contribution >= 0.6 is 0 Å². The van der Waals surface area contributed by atoms with Crippen LogP contribution in [0, 0.1) is 35.5 Å². The second-order valence-electron chi connectivity index (χ2n) is 7.41. The zero-order valence-electron chi connectivity index (χ0n) is 12.4. The van der Waals surface area contributed by atoms with Crippen molar-refractivity contribution in [2.75, 3.05) is 0 Å². The molecule has 3 aliphatic carbocycles. The molecule has 0 aliphatic heterocycles. The molecule has 0 nitrogen and oxygen atoms in total. The summed E-state index contributed by atoms with van der Waals surface area (Å²) >= 11 is 0. The van der Waals surface area contributed by atoms with E-state index < -0.39 is 0 Å². The van der Waals surface area contributed by atoms with E-state index in [-0.39, 0.29) is 0 Å². The molecule has 0 aromatic carbocycles. The van der Waals surface area contributed by atoms with Gasteiger partial charge in [-0.3, -0.25) is 0 Å². The fraction of sp³-hybridized carbons (Fsp3) is 0.778. The molecule has 0 aromatic heterocycles. The highest BCUT2D eigenvalue weighted by Gasteiger charge is 2.50. The zero-order chi connectivity index (χ0) is 12.9. The standard InChI is InChI=1S/C18H28/c1-11(2)14-7-5-13-6-8-16-17(10-9-15(13)14)18(16)12(3)4/h5,7,11-12,14,16-18H,6,8-10H2,1-4H3. The molecule has 0 radical (unpaired) electrons. The van der Waals surface area contributed by atoms with Crippen molar-refractivity contribution in [3.05, 3.63) is 23.3 Å². The average Bonchev–Trinajstić information content (AvgIpc) is 2.81. The fourth-order valence-electron chi connectivity index (χ4n) is 4.77. The SMILES string of the molecule is CC(C)C1C=CC2=C1CCC1C(CC2)C1C(C)C. The van der Waals surface area contributed by atoms with Crippen LogP contribution in [0.2, 0.25) is 0 Å². The maximum absolute atomic E-state index is 2.48. The zero-order valence-corrected chi connectivity index (χ0v) is 12.4. The van der Waals surface area contributed by atoms with Crippen molar-refractivity contribution in [3.8, 4) is 0 Å². The monoisotopic (exact) mass is 244 g/mol. The molecule has 3 rings (SSSR count). The van der Waals surface area contributed by atoms with Gasteiger partial charge in [-0.15, -0.1) is 0 Å². The van der Waals surface area contributed by atoms with Gasteiger partial charge in [0.15, 0.2) is 0 Å². The van der Waals surface area contributed by atoms with Crippen LogP contribution < -0.4 is 0 Å². The number of allylic oxidation sites excluding steroid dienone is 4. The van der Waals surface area contributed by atoms with E-state index in [0.717, 1.165) is 35.5 Å². The summed E-state index contributed by atoms with van der Waals surface area (Å²) in [6, 6.07) is 0. The molecule has 0 heterocycles. The summed E-state index contributed by atoms with van der Waals surface area (Å²) in [4.78, 5) is 0. The molecule has 1 saturated carbocycles. The predicted molar refractivity (Wildman–Crippen MR) is 78.3 cm³/mol. The van der Waals surface area contributed by atoms with Gasteiger partial charge in [0.25, 0.3) is 0 Å². The highest BCUT2D eigenvalue weighted by Crippen LogP contribution is 2.58. The first-order chi connectivity index (χ1) is 8.59. The molecule has 0 spiro atoms. The largest absolute Gasteiger partial charge is 0.0768 e. The highest BCUT2D eigenvalue weighted by atomic mass is 14.6. The highest BCUT2D eigenvalue weighted by molar-refractivity contribution is 5.38. The number of hydrogen-bond acceptors (Lipinski definition) is 0. The van der Waals surface area contributed by atoms with Gasteiger partial charge < -0.3 is 0 Å². The Morgan fingerprint density at radius 3 is 2.22 bits per heavy atom. The maximum atomic E-state index is 2.48. The molecule has 0 bridgehead atoms. The van der Waals surface area contributed by atoms with Gasteiger partial charge in [-0.05, 0) is 60.8 Å². The molecule has 0 N–H and O–H groups in total. The quantitative estimate of drug-likeness (QED) is 0.625. The predicted octanol–water partition coefficient (Wildman–Crippen LogP) is 5.22. The van der Waals surface area contributed by atoms with Crippen LogP contribution in [0.25, 0.3) is 0 Å². The van der Waals surface area contributed by atoms with E-state index in [0.29, 0.717) is 0 Å². The topological polar surface area (TPSA) is 0 Å². The first-order valence-corrected chi connectivity index (χ1v) is 7.99. The average molecular weight is 244 g/mol. The van der Waals surface area contributed by atoms with Crippen molar-refractivity contribution in [2.45, 2.75) is 53.4 Å². The lowest BCUT2D eigenvalue weighted by molar-refractivity contribution is 0.479. The Morgan fingerprint density at radius 2 is 1.61 bits per heavy atom. The number of fused-ring (bicyclic) bond motifs is 1. The Morgan fingerprint density at radius 1 is 0.944 bits per heavy atom. The van der Waals surface area contributed by atoms with Crippen molar-refractivity contribution in [1.82, 2.24) is 0 Å². The fourth-order valence-corrected chi connectivity index (χ4v) is 4.77. The van der Waals surface area contributed by atoms with E-state index in [1.165, 1.54) is 25.7 Å². The molecule has 3 aliphatic rings. The minimum absolute atomic E-state index is 0.757. The Kier molecular flexibility index (Phi) is 3.16. The molecule has 1 fully saturated rings. The Balaban J connectivity index is 1.73. The normalized spacial score (nSPS) is 38.8. The van der Waals surface area contributed by atoms with E-state index >= 15 is 0 Å². The second kappa shape index (κ2) is 4.54. The van der Waals surface area contributed by atoms with Crippen molar-refractivity contribution in [2.24, 2.45) is 35.5 Å². The third kappa shape index (κ3) is 1.98. The van der Waals surface area contributed by atoms with E-state index in [4.69, 9.17) is 0 Å². The van der Waals surface area contributed by atoms with Gasteiger partial charge in [0.1, 0.15) is 0 Å². The van der Waals surface area contributed by atoms with Gasteiger partial charge in [-0.1, -0.05) is 45.4 Å². The number of rotatable bonds is 2. The molecule has 0 amide bonds. The summed E-state index contributed by atoms with van der Waals surface area (Å²) in [6.07, 6.45) is 10.6. The van der Waals surface area contributed by atoms with Crippen LogP contribution in [-0.4, -0.2) is 0 Å². The van der Waals surface area contributed by atoms with Crippen LogP contribution in [-0.2, 0) is 0 Å².